The minimum Gasteiger partial charge on any atom is -0.506 e. The van der Waals surface area contributed by atoms with Crippen molar-refractivity contribution in [3.63, 3.8) is 0 Å². The summed E-state index contributed by atoms with van der Waals surface area (Å²) in [5, 5.41) is 22.5. The van der Waals surface area contributed by atoms with Gasteiger partial charge >= 0.3 is 0 Å². The van der Waals surface area contributed by atoms with Crippen LogP contribution in [0.3, 0.4) is 0 Å². The van der Waals surface area contributed by atoms with Crippen molar-refractivity contribution in [2.45, 2.75) is 6.04 Å². The van der Waals surface area contributed by atoms with E-state index in [4.69, 9.17) is 0 Å². The number of aliphatic hydroxyl groups excluding tert-OH is 1. The summed E-state index contributed by atoms with van der Waals surface area (Å²) in [6, 6.07) is 13.8. The Morgan fingerprint density at radius 1 is 1.00 bits per heavy atom. The van der Waals surface area contributed by atoms with Gasteiger partial charge in [-0.05, 0) is 29.6 Å². The van der Waals surface area contributed by atoms with Crippen molar-refractivity contribution in [3.8, 4) is 5.75 Å². The van der Waals surface area contributed by atoms with Gasteiger partial charge in [0.05, 0.1) is 22.2 Å². The highest BCUT2D eigenvalue weighted by Crippen LogP contribution is 2.45. The maximum absolute atomic E-state index is 14.7. The topological polar surface area (TPSA) is 77.8 Å². The third-order valence-electron chi connectivity index (χ3n) is 4.54. The van der Waals surface area contributed by atoms with Gasteiger partial charge in [0.2, 0.25) is 5.78 Å². The molecule has 3 aromatic rings. The van der Waals surface area contributed by atoms with Gasteiger partial charge in [0.1, 0.15) is 11.6 Å². The minimum atomic E-state index is -1.21. The van der Waals surface area contributed by atoms with Crippen LogP contribution in [0.4, 0.5) is 10.1 Å². The number of aromatic hydroxyl groups is 1. The number of hydrogen-bond donors (Lipinski definition) is 2. The summed E-state index contributed by atoms with van der Waals surface area (Å²) in [5.41, 5.74) is -0.106. The van der Waals surface area contributed by atoms with Crippen LogP contribution in [0.1, 0.15) is 21.3 Å². The predicted molar refractivity (Wildman–Crippen MR) is 103 cm³/mol. The highest BCUT2D eigenvalue weighted by molar-refractivity contribution is 7.12. The second kappa shape index (κ2) is 6.94. The lowest BCUT2D eigenvalue weighted by Crippen LogP contribution is -2.31. The largest absolute Gasteiger partial charge is 0.506 e. The van der Waals surface area contributed by atoms with Gasteiger partial charge in [0.15, 0.2) is 5.76 Å². The number of amides is 1. The molecule has 7 heteroatoms. The first kappa shape index (κ1) is 17.9. The van der Waals surface area contributed by atoms with Crippen molar-refractivity contribution in [2.75, 3.05) is 4.90 Å². The molecule has 1 aromatic heterocycles. The number of benzene rings is 2. The Kier molecular flexibility index (Phi) is 4.44. The maximum Gasteiger partial charge on any atom is 0.294 e. The highest BCUT2D eigenvalue weighted by Gasteiger charge is 2.46. The van der Waals surface area contributed by atoms with E-state index in [-0.39, 0.29) is 22.6 Å². The van der Waals surface area contributed by atoms with Gasteiger partial charge in [-0.1, -0.05) is 36.4 Å². The average molecular weight is 395 g/mol. The summed E-state index contributed by atoms with van der Waals surface area (Å²) in [7, 11) is 0. The van der Waals surface area contributed by atoms with E-state index in [9.17, 15) is 24.2 Å². The molecule has 1 amide bonds. The van der Waals surface area contributed by atoms with Gasteiger partial charge in [0, 0.05) is 5.56 Å². The zero-order valence-electron chi connectivity index (χ0n) is 14.4. The number of carbonyl (C=O) groups excluding carboxylic acids is 2. The van der Waals surface area contributed by atoms with Gasteiger partial charge in [-0.2, -0.15) is 0 Å². The van der Waals surface area contributed by atoms with Crippen LogP contribution in [-0.4, -0.2) is 21.9 Å². The van der Waals surface area contributed by atoms with Crippen molar-refractivity contribution in [3.05, 3.63) is 93.6 Å². The molecule has 5 nitrogen and oxygen atoms in total. The number of ketones is 1. The van der Waals surface area contributed by atoms with Crippen LogP contribution in [0.5, 0.6) is 5.75 Å². The number of halogens is 1. The van der Waals surface area contributed by atoms with Crippen LogP contribution in [0.15, 0.2) is 77.4 Å². The summed E-state index contributed by atoms with van der Waals surface area (Å²) < 4.78 is 14.7. The first-order valence-electron chi connectivity index (χ1n) is 8.38. The molecule has 0 aliphatic carbocycles. The molecule has 0 fully saturated rings. The SMILES string of the molecule is O=C(C1=C(O)C(=O)N(c2ccccc2O)C1c1ccccc1F)c1cccs1. The zero-order valence-corrected chi connectivity index (χ0v) is 15.2. The van der Waals surface area contributed by atoms with Crippen LogP contribution in [-0.2, 0) is 4.79 Å². The van der Waals surface area contributed by atoms with E-state index in [2.05, 4.69) is 0 Å². The molecule has 4 rings (SSSR count). The first-order valence-corrected chi connectivity index (χ1v) is 9.26. The Hall–Kier alpha value is -3.45. The summed E-state index contributed by atoms with van der Waals surface area (Å²) in [6.07, 6.45) is 0. The fraction of sp³-hybridized carbons (Fsp3) is 0.0476. The normalized spacial score (nSPS) is 16.7. The fourth-order valence-electron chi connectivity index (χ4n) is 3.29. The molecule has 2 heterocycles. The average Bonchev–Trinajstić information content (AvgIpc) is 3.31. The number of nitrogens with zero attached hydrogens (tertiary/aromatic N) is 1. The third kappa shape index (κ3) is 2.76. The minimum absolute atomic E-state index is 0.0445. The molecule has 0 radical (unpaired) electrons. The van der Waals surface area contributed by atoms with E-state index in [0.717, 1.165) is 16.2 Å². The predicted octanol–water partition coefficient (Wildman–Crippen LogP) is 4.38. The molecule has 0 bridgehead atoms. The third-order valence-corrected chi connectivity index (χ3v) is 5.41. The molecule has 0 saturated heterocycles. The van der Waals surface area contributed by atoms with Crippen molar-refractivity contribution < 1.29 is 24.2 Å². The number of hydrogen-bond acceptors (Lipinski definition) is 5. The summed E-state index contributed by atoms with van der Waals surface area (Å²) in [5.74, 6) is -3.06. The number of thiophene rings is 1. The highest BCUT2D eigenvalue weighted by atomic mass is 32.1. The molecule has 0 spiro atoms. The van der Waals surface area contributed by atoms with E-state index in [1.807, 2.05) is 0 Å². The number of aliphatic hydroxyl groups is 1. The second-order valence-electron chi connectivity index (χ2n) is 6.16. The lowest BCUT2D eigenvalue weighted by atomic mass is 9.94. The van der Waals surface area contributed by atoms with Crippen LogP contribution in [0, 0.1) is 5.82 Å². The number of carbonyl (C=O) groups is 2. The Balaban J connectivity index is 1.94. The van der Waals surface area contributed by atoms with Crippen LogP contribution in [0.25, 0.3) is 0 Å². The number of para-hydroxylation sites is 2. The van der Waals surface area contributed by atoms with Crippen molar-refractivity contribution in [1.82, 2.24) is 0 Å². The number of phenols is 1. The van der Waals surface area contributed by atoms with Crippen molar-refractivity contribution in [2.24, 2.45) is 0 Å². The number of rotatable bonds is 4. The smallest absolute Gasteiger partial charge is 0.294 e. The lowest BCUT2D eigenvalue weighted by Gasteiger charge is -2.27. The number of anilines is 1. The molecule has 2 aromatic carbocycles. The Morgan fingerprint density at radius 2 is 1.71 bits per heavy atom. The molecular weight excluding hydrogens is 381 g/mol. The molecule has 0 saturated carbocycles. The maximum atomic E-state index is 14.7. The van der Waals surface area contributed by atoms with Crippen LogP contribution >= 0.6 is 11.3 Å². The Labute approximate surface area is 163 Å². The monoisotopic (exact) mass is 395 g/mol. The van der Waals surface area contributed by atoms with Gasteiger partial charge in [-0.3, -0.25) is 14.5 Å². The van der Waals surface area contributed by atoms with Gasteiger partial charge in [0.25, 0.3) is 5.91 Å². The molecule has 140 valence electrons. The molecule has 1 aliphatic heterocycles. The van der Waals surface area contributed by atoms with Gasteiger partial charge in [-0.25, -0.2) is 4.39 Å². The van der Waals surface area contributed by atoms with Gasteiger partial charge in [-0.15, -0.1) is 11.3 Å². The molecular formula is C21H14FNO4S. The van der Waals surface area contributed by atoms with Gasteiger partial charge < -0.3 is 10.2 Å². The van der Waals surface area contributed by atoms with Crippen molar-refractivity contribution >= 4 is 28.7 Å². The quantitative estimate of drug-likeness (QED) is 0.643. The van der Waals surface area contributed by atoms with Crippen molar-refractivity contribution in [1.29, 1.82) is 0 Å². The molecule has 28 heavy (non-hydrogen) atoms. The first-order chi connectivity index (χ1) is 13.5. The standard InChI is InChI=1S/C21H14FNO4S/c22-13-7-2-1-6-12(13)18-17(19(25)16-10-5-11-28-16)20(26)21(27)23(18)14-8-3-4-9-15(14)24/h1-11,18,24,26H. The summed E-state index contributed by atoms with van der Waals surface area (Å²) in [6.45, 7) is 0. The van der Waals surface area contributed by atoms with E-state index in [1.54, 1.807) is 35.7 Å². The number of phenolic OH excluding ortho intramolecular Hbond substituents is 1. The summed E-state index contributed by atoms with van der Waals surface area (Å²) in [4.78, 5) is 27.3. The second-order valence-corrected chi connectivity index (χ2v) is 7.10. The molecule has 1 unspecified atom stereocenters. The lowest BCUT2D eigenvalue weighted by molar-refractivity contribution is -0.117. The van der Waals surface area contributed by atoms with E-state index in [1.165, 1.54) is 30.3 Å². The fourth-order valence-corrected chi connectivity index (χ4v) is 3.96. The van der Waals surface area contributed by atoms with Crippen LogP contribution in [0.2, 0.25) is 0 Å². The Bertz CT molecular complexity index is 1110. The van der Waals surface area contributed by atoms with E-state index >= 15 is 0 Å². The Morgan fingerprint density at radius 3 is 2.39 bits per heavy atom. The number of Topliss-reactive ketones (excluding diaryl/α,β-unsaturated/α-hetero) is 1. The molecule has 1 atom stereocenters. The van der Waals surface area contributed by atoms with Crippen LogP contribution < -0.4 is 4.90 Å². The summed E-state index contributed by atoms with van der Waals surface area (Å²) >= 11 is 1.15. The zero-order chi connectivity index (χ0) is 19.8. The van der Waals surface area contributed by atoms with E-state index in [0.29, 0.717) is 4.88 Å². The van der Waals surface area contributed by atoms with E-state index < -0.39 is 29.3 Å². The molecule has 2 N–H and O–H groups in total. The molecule has 1 aliphatic rings.